The summed E-state index contributed by atoms with van der Waals surface area (Å²) in [5, 5.41) is 3.30. The van der Waals surface area contributed by atoms with Crippen LogP contribution < -0.4 is 10.9 Å². The molecule has 1 saturated heterocycles. The van der Waals surface area contributed by atoms with Crippen LogP contribution in [0.2, 0.25) is 0 Å². The summed E-state index contributed by atoms with van der Waals surface area (Å²) in [4.78, 5) is 33.5. The second-order valence-electron chi connectivity index (χ2n) is 8.73. The second-order valence-corrected chi connectivity index (χ2v) is 10.4. The van der Waals surface area contributed by atoms with Crippen molar-refractivity contribution < 1.29 is 4.79 Å². The molecule has 0 unspecified atom stereocenters. The van der Waals surface area contributed by atoms with Crippen LogP contribution in [0.25, 0.3) is 11.7 Å². The van der Waals surface area contributed by atoms with Gasteiger partial charge in [0.05, 0.1) is 10.5 Å². The molecule has 0 spiro atoms. The second kappa shape index (κ2) is 9.12. The molecule has 2 aliphatic rings. The molecule has 31 heavy (non-hydrogen) atoms. The maximum absolute atomic E-state index is 13.4. The predicted octanol–water partition coefficient (Wildman–Crippen LogP) is 4.60. The van der Waals surface area contributed by atoms with Gasteiger partial charge in [-0.25, -0.2) is 4.98 Å². The zero-order valence-electron chi connectivity index (χ0n) is 18.2. The Balaban J connectivity index is 1.77. The quantitative estimate of drug-likeness (QED) is 0.524. The van der Waals surface area contributed by atoms with Gasteiger partial charge in [-0.05, 0) is 43.4 Å². The third-order valence-electron chi connectivity index (χ3n) is 5.72. The molecule has 0 bridgehead atoms. The Bertz CT molecular complexity index is 1120. The molecule has 1 aliphatic heterocycles. The van der Waals surface area contributed by atoms with Crippen molar-refractivity contribution >= 4 is 51.7 Å². The highest BCUT2D eigenvalue weighted by atomic mass is 32.2. The maximum Gasteiger partial charge on any atom is 0.267 e. The monoisotopic (exact) mass is 456 g/mol. The molecule has 1 N–H and O–H groups in total. The largest absolute Gasteiger partial charge is 0.369 e. The highest BCUT2D eigenvalue weighted by Gasteiger charge is 2.37. The fraction of sp³-hybridized carbons (Fsp3) is 0.478. The number of thioether (sulfide) groups is 1. The van der Waals surface area contributed by atoms with Crippen molar-refractivity contribution in [2.75, 3.05) is 11.9 Å². The summed E-state index contributed by atoms with van der Waals surface area (Å²) < 4.78 is 2.13. The van der Waals surface area contributed by atoms with Gasteiger partial charge in [-0.2, -0.15) is 0 Å². The number of hydrogen-bond acceptors (Lipinski definition) is 6. The van der Waals surface area contributed by atoms with Crippen molar-refractivity contribution in [1.29, 1.82) is 0 Å². The molecule has 8 heteroatoms. The molecule has 2 aromatic heterocycles. The van der Waals surface area contributed by atoms with E-state index >= 15 is 0 Å². The van der Waals surface area contributed by atoms with Gasteiger partial charge in [0.15, 0.2) is 0 Å². The summed E-state index contributed by atoms with van der Waals surface area (Å²) in [6.07, 6.45) is 8.89. The molecule has 1 saturated carbocycles. The van der Waals surface area contributed by atoms with Crippen molar-refractivity contribution in [3.8, 4) is 0 Å². The Hall–Kier alpha value is -2.19. The van der Waals surface area contributed by atoms with Crippen LogP contribution in [0.15, 0.2) is 28.0 Å². The molecule has 2 aromatic rings. The van der Waals surface area contributed by atoms with Crippen LogP contribution in [-0.4, -0.2) is 37.1 Å². The lowest BCUT2D eigenvalue weighted by atomic mass is 9.94. The van der Waals surface area contributed by atoms with E-state index in [1.165, 1.54) is 18.2 Å². The van der Waals surface area contributed by atoms with Crippen molar-refractivity contribution in [3.05, 3.63) is 44.7 Å². The smallest absolute Gasteiger partial charge is 0.267 e. The van der Waals surface area contributed by atoms with Crippen LogP contribution in [0.3, 0.4) is 0 Å². The molecule has 0 radical (unpaired) electrons. The highest BCUT2D eigenvalue weighted by molar-refractivity contribution is 8.26. The van der Waals surface area contributed by atoms with E-state index in [1.807, 2.05) is 19.1 Å². The first-order valence-electron chi connectivity index (χ1n) is 10.9. The SMILES string of the molecule is Cc1ccc2nc(NCC(C)C)c(/C=C3/SC(=S)N(C4CCCCC4)C3=O)c(=O)n2c1. The molecule has 2 fully saturated rings. The number of aryl methyl sites for hydroxylation is 1. The third kappa shape index (κ3) is 4.55. The number of nitrogens with one attached hydrogen (secondary N) is 1. The summed E-state index contributed by atoms with van der Waals surface area (Å²) in [5.41, 5.74) is 1.75. The molecule has 6 nitrogen and oxygen atoms in total. The van der Waals surface area contributed by atoms with E-state index in [2.05, 4.69) is 24.1 Å². The van der Waals surface area contributed by atoms with Gasteiger partial charge in [0.2, 0.25) is 0 Å². The lowest BCUT2D eigenvalue weighted by molar-refractivity contribution is -0.124. The van der Waals surface area contributed by atoms with Gasteiger partial charge >= 0.3 is 0 Å². The van der Waals surface area contributed by atoms with E-state index in [1.54, 1.807) is 21.6 Å². The van der Waals surface area contributed by atoms with Crippen LogP contribution >= 0.6 is 24.0 Å². The molecule has 4 rings (SSSR count). The number of thiocarbonyl (C=S) groups is 1. The Morgan fingerprint density at radius 1 is 1.26 bits per heavy atom. The lowest BCUT2D eigenvalue weighted by Gasteiger charge is -2.29. The number of carbonyl (C=O) groups is 1. The van der Waals surface area contributed by atoms with Gasteiger partial charge in [0.25, 0.3) is 11.5 Å². The number of fused-ring (bicyclic) bond motifs is 1. The molecular formula is C23H28N4O2S2. The van der Waals surface area contributed by atoms with E-state index in [9.17, 15) is 9.59 Å². The molecule has 3 heterocycles. The Morgan fingerprint density at radius 3 is 2.71 bits per heavy atom. The topological polar surface area (TPSA) is 66.7 Å². The zero-order valence-corrected chi connectivity index (χ0v) is 19.8. The molecular weight excluding hydrogens is 428 g/mol. The van der Waals surface area contributed by atoms with Crippen LogP contribution in [0, 0.1) is 12.8 Å². The first kappa shape index (κ1) is 22.0. The normalized spacial score (nSPS) is 19.2. The van der Waals surface area contributed by atoms with E-state index in [0.717, 1.165) is 31.2 Å². The van der Waals surface area contributed by atoms with Crippen molar-refractivity contribution in [2.45, 2.75) is 58.9 Å². The molecule has 1 aliphatic carbocycles. The minimum absolute atomic E-state index is 0.0922. The number of nitrogens with zero attached hydrogens (tertiary/aromatic N) is 3. The number of amides is 1. The van der Waals surface area contributed by atoms with Crippen LogP contribution in [0.1, 0.15) is 57.1 Å². The van der Waals surface area contributed by atoms with E-state index in [0.29, 0.717) is 38.7 Å². The molecule has 164 valence electrons. The van der Waals surface area contributed by atoms with Gasteiger partial charge < -0.3 is 5.32 Å². The summed E-state index contributed by atoms with van der Waals surface area (Å²) in [7, 11) is 0. The van der Waals surface area contributed by atoms with E-state index < -0.39 is 0 Å². The van der Waals surface area contributed by atoms with Crippen LogP contribution in [0.5, 0.6) is 0 Å². The van der Waals surface area contributed by atoms with Gasteiger partial charge in [-0.15, -0.1) is 0 Å². The molecule has 1 amide bonds. The average molecular weight is 457 g/mol. The minimum atomic E-state index is -0.192. The Morgan fingerprint density at radius 2 is 2.00 bits per heavy atom. The van der Waals surface area contributed by atoms with E-state index in [4.69, 9.17) is 12.2 Å². The van der Waals surface area contributed by atoms with Crippen molar-refractivity contribution in [1.82, 2.24) is 14.3 Å². The molecule has 0 aromatic carbocycles. The number of rotatable bonds is 5. The van der Waals surface area contributed by atoms with Crippen LogP contribution in [-0.2, 0) is 4.79 Å². The first-order valence-corrected chi connectivity index (χ1v) is 12.1. The summed E-state index contributed by atoms with van der Waals surface area (Å²) in [5.74, 6) is 0.798. The maximum atomic E-state index is 13.4. The summed E-state index contributed by atoms with van der Waals surface area (Å²) >= 11 is 6.84. The highest BCUT2D eigenvalue weighted by Crippen LogP contribution is 2.37. The zero-order chi connectivity index (χ0) is 22.1. The fourth-order valence-corrected chi connectivity index (χ4v) is 5.47. The van der Waals surface area contributed by atoms with Crippen molar-refractivity contribution in [3.63, 3.8) is 0 Å². The standard InChI is InChI=1S/C23H28N4O2S2/c1-14(2)12-24-20-17(21(28)26-13-15(3)9-10-19(26)25-20)11-18-22(29)27(23(30)31-18)16-7-5-4-6-8-16/h9-11,13-14,16,24H,4-8,12H2,1-3H3/b18-11+. The number of anilines is 1. The van der Waals surface area contributed by atoms with Crippen molar-refractivity contribution in [2.24, 2.45) is 5.92 Å². The fourth-order valence-electron chi connectivity index (χ4n) is 4.09. The van der Waals surface area contributed by atoms with E-state index in [-0.39, 0.29) is 17.5 Å². The summed E-state index contributed by atoms with van der Waals surface area (Å²) in [6, 6.07) is 3.94. The minimum Gasteiger partial charge on any atom is -0.369 e. The average Bonchev–Trinajstić information content (AvgIpc) is 3.02. The van der Waals surface area contributed by atoms with Crippen LogP contribution in [0.4, 0.5) is 5.82 Å². The molecule has 0 atom stereocenters. The van der Waals surface area contributed by atoms with Gasteiger partial charge in [0.1, 0.15) is 15.8 Å². The number of pyridine rings is 1. The number of carbonyl (C=O) groups excluding carboxylic acids is 1. The number of aromatic nitrogens is 2. The Labute approximate surface area is 192 Å². The van der Waals surface area contributed by atoms with Gasteiger partial charge in [0, 0.05) is 18.8 Å². The van der Waals surface area contributed by atoms with Gasteiger partial charge in [-0.3, -0.25) is 18.9 Å². The third-order valence-corrected chi connectivity index (χ3v) is 7.05. The first-order chi connectivity index (χ1) is 14.8. The van der Waals surface area contributed by atoms with Gasteiger partial charge in [-0.1, -0.05) is 63.2 Å². The lowest BCUT2D eigenvalue weighted by Crippen LogP contribution is -2.39. The number of hydrogen-bond donors (Lipinski definition) is 1. The summed E-state index contributed by atoms with van der Waals surface area (Å²) in [6.45, 7) is 6.81. The Kier molecular flexibility index (Phi) is 6.48. The predicted molar refractivity (Wildman–Crippen MR) is 131 cm³/mol.